The number of nitrogen functional groups attached to an aromatic ring is 1. The molecule has 20 heavy (non-hydrogen) atoms. The molecule has 0 unspecified atom stereocenters. The van der Waals surface area contributed by atoms with Gasteiger partial charge >= 0.3 is 0 Å². The molecule has 0 aromatic heterocycles. The van der Waals surface area contributed by atoms with Gasteiger partial charge in [-0.3, -0.25) is 4.79 Å². The first kappa shape index (κ1) is 15.3. The number of hydrogen-bond acceptors (Lipinski definition) is 3. The number of benzene rings is 1. The summed E-state index contributed by atoms with van der Waals surface area (Å²) in [6.45, 7) is 3.05. The zero-order valence-corrected chi connectivity index (χ0v) is 13.4. The Balaban J connectivity index is 1.77. The molecule has 0 radical (unpaired) electrons. The summed E-state index contributed by atoms with van der Waals surface area (Å²) in [6, 6.07) is 5.35. The van der Waals surface area contributed by atoms with Gasteiger partial charge < -0.3 is 16.0 Å². The first-order valence-electron chi connectivity index (χ1n) is 7.08. The number of nitrogens with two attached hydrogens (primary N) is 1. The van der Waals surface area contributed by atoms with Gasteiger partial charge in [-0.1, -0.05) is 15.9 Å². The standard InChI is InChI=1S/C15H22BrN3O/c1-19-8-5-11(6-9-19)4-7-18-15(20)13-3-2-12(16)10-14(13)17/h2-3,10-11H,4-9,17H2,1H3,(H,18,20). The van der Waals surface area contributed by atoms with E-state index in [1.807, 2.05) is 6.07 Å². The predicted molar refractivity (Wildman–Crippen MR) is 85.7 cm³/mol. The van der Waals surface area contributed by atoms with Crippen LogP contribution in [0, 0.1) is 5.92 Å². The van der Waals surface area contributed by atoms with Crippen molar-refractivity contribution in [3.05, 3.63) is 28.2 Å². The van der Waals surface area contributed by atoms with Gasteiger partial charge in [-0.25, -0.2) is 0 Å². The summed E-state index contributed by atoms with van der Waals surface area (Å²) >= 11 is 3.34. The highest BCUT2D eigenvalue weighted by Crippen LogP contribution is 2.20. The fraction of sp³-hybridized carbons (Fsp3) is 0.533. The molecule has 3 N–H and O–H groups in total. The zero-order valence-electron chi connectivity index (χ0n) is 11.9. The molecule has 1 saturated heterocycles. The SMILES string of the molecule is CN1CCC(CCNC(=O)c2ccc(Br)cc2N)CC1. The van der Waals surface area contributed by atoms with Crippen LogP contribution in [-0.2, 0) is 0 Å². The molecule has 0 aliphatic carbocycles. The molecule has 1 fully saturated rings. The minimum absolute atomic E-state index is 0.0806. The fourth-order valence-electron chi connectivity index (χ4n) is 2.58. The lowest BCUT2D eigenvalue weighted by Crippen LogP contribution is -2.32. The van der Waals surface area contributed by atoms with Crippen LogP contribution < -0.4 is 11.1 Å². The van der Waals surface area contributed by atoms with Gasteiger partial charge in [0.15, 0.2) is 0 Å². The third kappa shape index (κ3) is 4.21. The number of amides is 1. The highest BCUT2D eigenvalue weighted by atomic mass is 79.9. The molecule has 2 rings (SSSR count). The number of carbonyl (C=O) groups is 1. The number of piperidine rings is 1. The van der Waals surface area contributed by atoms with E-state index in [4.69, 9.17) is 5.73 Å². The Morgan fingerprint density at radius 2 is 2.15 bits per heavy atom. The molecule has 1 aromatic rings. The van der Waals surface area contributed by atoms with Crippen molar-refractivity contribution in [1.29, 1.82) is 0 Å². The molecule has 110 valence electrons. The molecule has 1 aromatic carbocycles. The largest absolute Gasteiger partial charge is 0.398 e. The van der Waals surface area contributed by atoms with E-state index in [1.54, 1.807) is 12.1 Å². The topological polar surface area (TPSA) is 58.4 Å². The minimum atomic E-state index is -0.0806. The molecule has 0 spiro atoms. The van der Waals surface area contributed by atoms with Crippen LogP contribution in [0.25, 0.3) is 0 Å². The van der Waals surface area contributed by atoms with Gasteiger partial charge in [0.2, 0.25) is 0 Å². The Morgan fingerprint density at radius 1 is 1.45 bits per heavy atom. The second-order valence-corrected chi connectivity index (χ2v) is 6.44. The number of anilines is 1. The minimum Gasteiger partial charge on any atom is -0.398 e. The Morgan fingerprint density at radius 3 is 2.80 bits per heavy atom. The van der Waals surface area contributed by atoms with Gasteiger partial charge in [-0.05, 0) is 63.5 Å². The molecule has 4 nitrogen and oxygen atoms in total. The zero-order chi connectivity index (χ0) is 14.5. The number of nitrogens with one attached hydrogen (secondary N) is 1. The van der Waals surface area contributed by atoms with Crippen molar-refractivity contribution in [3.63, 3.8) is 0 Å². The Bertz CT molecular complexity index is 470. The van der Waals surface area contributed by atoms with Crippen molar-refractivity contribution in [2.45, 2.75) is 19.3 Å². The summed E-state index contributed by atoms with van der Waals surface area (Å²) in [4.78, 5) is 14.4. The first-order chi connectivity index (χ1) is 9.56. The van der Waals surface area contributed by atoms with Crippen LogP contribution in [0.1, 0.15) is 29.6 Å². The van der Waals surface area contributed by atoms with Gasteiger partial charge in [0.25, 0.3) is 5.91 Å². The van der Waals surface area contributed by atoms with E-state index in [2.05, 4.69) is 33.2 Å². The lowest BCUT2D eigenvalue weighted by Gasteiger charge is -2.28. The molecule has 0 saturated carbocycles. The summed E-state index contributed by atoms with van der Waals surface area (Å²) in [5.74, 6) is 0.650. The van der Waals surface area contributed by atoms with E-state index >= 15 is 0 Å². The lowest BCUT2D eigenvalue weighted by molar-refractivity contribution is 0.0950. The van der Waals surface area contributed by atoms with Crippen molar-refractivity contribution >= 4 is 27.5 Å². The average molecular weight is 340 g/mol. The quantitative estimate of drug-likeness (QED) is 0.828. The van der Waals surface area contributed by atoms with E-state index in [1.165, 1.54) is 12.8 Å². The van der Waals surface area contributed by atoms with Crippen LogP contribution in [-0.4, -0.2) is 37.5 Å². The van der Waals surface area contributed by atoms with E-state index in [0.717, 1.165) is 36.4 Å². The van der Waals surface area contributed by atoms with Crippen LogP contribution in [0.3, 0.4) is 0 Å². The van der Waals surface area contributed by atoms with Crippen molar-refractivity contribution in [2.75, 3.05) is 32.4 Å². The van der Waals surface area contributed by atoms with E-state index < -0.39 is 0 Å². The van der Waals surface area contributed by atoms with E-state index in [0.29, 0.717) is 11.3 Å². The van der Waals surface area contributed by atoms with Crippen molar-refractivity contribution in [2.24, 2.45) is 5.92 Å². The predicted octanol–water partition coefficient (Wildman–Crippen LogP) is 2.49. The average Bonchev–Trinajstić information content (AvgIpc) is 2.41. The molecule has 1 aliphatic heterocycles. The monoisotopic (exact) mass is 339 g/mol. The molecule has 5 heteroatoms. The molecule has 1 aliphatic rings. The van der Waals surface area contributed by atoms with Crippen LogP contribution >= 0.6 is 15.9 Å². The van der Waals surface area contributed by atoms with Gasteiger partial charge in [-0.15, -0.1) is 0 Å². The summed E-state index contributed by atoms with van der Waals surface area (Å²) in [7, 11) is 2.16. The normalized spacial score (nSPS) is 17.1. The summed E-state index contributed by atoms with van der Waals surface area (Å²) < 4.78 is 0.887. The third-order valence-electron chi connectivity index (χ3n) is 3.93. The van der Waals surface area contributed by atoms with Crippen LogP contribution in [0.4, 0.5) is 5.69 Å². The maximum atomic E-state index is 12.1. The first-order valence-corrected chi connectivity index (χ1v) is 7.87. The van der Waals surface area contributed by atoms with Gasteiger partial charge in [-0.2, -0.15) is 0 Å². The second kappa shape index (κ2) is 7.09. The fourth-order valence-corrected chi connectivity index (χ4v) is 2.95. The molecular formula is C15H22BrN3O. The third-order valence-corrected chi connectivity index (χ3v) is 4.43. The van der Waals surface area contributed by atoms with Crippen molar-refractivity contribution < 1.29 is 4.79 Å². The van der Waals surface area contributed by atoms with Gasteiger partial charge in [0.1, 0.15) is 0 Å². The number of halogens is 1. The van der Waals surface area contributed by atoms with Crippen molar-refractivity contribution in [3.8, 4) is 0 Å². The van der Waals surface area contributed by atoms with Crippen LogP contribution in [0.5, 0.6) is 0 Å². The molecule has 0 atom stereocenters. The molecule has 0 bridgehead atoms. The second-order valence-electron chi connectivity index (χ2n) is 5.52. The Labute approximate surface area is 128 Å². The smallest absolute Gasteiger partial charge is 0.253 e. The number of likely N-dealkylation sites (tertiary alicyclic amines) is 1. The van der Waals surface area contributed by atoms with Crippen LogP contribution in [0.2, 0.25) is 0 Å². The summed E-state index contributed by atoms with van der Waals surface area (Å²) in [6.07, 6.45) is 3.51. The lowest BCUT2D eigenvalue weighted by atomic mass is 9.94. The number of hydrogen-bond donors (Lipinski definition) is 2. The highest BCUT2D eigenvalue weighted by molar-refractivity contribution is 9.10. The Hall–Kier alpha value is -1.07. The van der Waals surface area contributed by atoms with Gasteiger partial charge in [0, 0.05) is 16.7 Å². The highest BCUT2D eigenvalue weighted by Gasteiger charge is 2.17. The number of nitrogens with zero attached hydrogens (tertiary/aromatic N) is 1. The van der Waals surface area contributed by atoms with E-state index in [9.17, 15) is 4.79 Å². The Kier molecular flexibility index (Phi) is 5.43. The van der Waals surface area contributed by atoms with Crippen molar-refractivity contribution in [1.82, 2.24) is 10.2 Å². The number of carbonyl (C=O) groups excluding carboxylic acids is 1. The number of rotatable bonds is 4. The maximum Gasteiger partial charge on any atom is 0.253 e. The maximum absolute atomic E-state index is 12.1. The molecule has 1 heterocycles. The van der Waals surface area contributed by atoms with Gasteiger partial charge in [0.05, 0.1) is 5.56 Å². The molecular weight excluding hydrogens is 318 g/mol. The molecule has 1 amide bonds. The summed E-state index contributed by atoms with van der Waals surface area (Å²) in [5.41, 5.74) is 6.92. The summed E-state index contributed by atoms with van der Waals surface area (Å²) in [5, 5.41) is 2.97. The van der Waals surface area contributed by atoms with E-state index in [-0.39, 0.29) is 5.91 Å². The van der Waals surface area contributed by atoms with Crippen LogP contribution in [0.15, 0.2) is 22.7 Å².